The summed E-state index contributed by atoms with van der Waals surface area (Å²) in [5.74, 6) is -0.0625. The molecule has 0 aliphatic heterocycles. The van der Waals surface area contributed by atoms with Gasteiger partial charge in [-0.05, 0) is 5.56 Å². The van der Waals surface area contributed by atoms with Gasteiger partial charge in [0.1, 0.15) is 12.9 Å². The molecule has 2 heterocycles. The normalized spacial score (nSPS) is 10.7. The van der Waals surface area contributed by atoms with Crippen molar-refractivity contribution in [2.75, 3.05) is 5.32 Å². The van der Waals surface area contributed by atoms with E-state index in [-0.39, 0.29) is 12.2 Å². The minimum Gasteiger partial charge on any atom is -0.306 e. The molecule has 2 aromatic heterocycles. The van der Waals surface area contributed by atoms with Crippen LogP contribution in [0.25, 0.3) is 0 Å². The van der Waals surface area contributed by atoms with Crippen LogP contribution >= 0.6 is 0 Å². The lowest BCUT2D eigenvalue weighted by Crippen LogP contribution is -2.29. The third kappa shape index (κ3) is 3.51. The van der Waals surface area contributed by atoms with E-state index in [0.29, 0.717) is 12.4 Å². The molecule has 0 saturated heterocycles. The van der Waals surface area contributed by atoms with E-state index in [4.69, 9.17) is 0 Å². The van der Waals surface area contributed by atoms with Crippen molar-refractivity contribution in [3.05, 3.63) is 58.9 Å². The van der Waals surface area contributed by atoms with Crippen molar-refractivity contribution in [1.82, 2.24) is 29.3 Å². The van der Waals surface area contributed by atoms with Gasteiger partial charge in [-0.2, -0.15) is 5.10 Å². The van der Waals surface area contributed by atoms with Gasteiger partial charge in [-0.15, -0.1) is 5.10 Å². The first-order valence-electron chi connectivity index (χ1n) is 6.94. The highest BCUT2D eigenvalue weighted by atomic mass is 16.2. The predicted octanol–water partition coefficient (Wildman–Crippen LogP) is -0.140. The highest BCUT2D eigenvalue weighted by Crippen LogP contribution is 2.05. The van der Waals surface area contributed by atoms with Gasteiger partial charge in [0, 0.05) is 7.05 Å². The van der Waals surface area contributed by atoms with Gasteiger partial charge >= 0.3 is 5.69 Å². The number of carbonyl (C=O) groups excluding carboxylic acids is 1. The van der Waals surface area contributed by atoms with E-state index in [9.17, 15) is 9.59 Å². The van der Waals surface area contributed by atoms with Gasteiger partial charge in [-0.1, -0.05) is 35.5 Å². The van der Waals surface area contributed by atoms with Gasteiger partial charge in [-0.3, -0.25) is 9.36 Å². The van der Waals surface area contributed by atoms with E-state index >= 15 is 0 Å². The lowest BCUT2D eigenvalue weighted by molar-refractivity contribution is -0.117. The zero-order valence-electron chi connectivity index (χ0n) is 12.5. The Labute approximate surface area is 131 Å². The number of hydrogen-bond acceptors (Lipinski definition) is 5. The summed E-state index contributed by atoms with van der Waals surface area (Å²) >= 11 is 0. The monoisotopic (exact) mass is 313 g/mol. The average molecular weight is 313 g/mol. The number of anilines is 1. The average Bonchev–Trinajstić information content (AvgIpc) is 3.10. The van der Waals surface area contributed by atoms with E-state index in [1.165, 1.54) is 10.9 Å². The molecule has 1 N–H and O–H groups in total. The van der Waals surface area contributed by atoms with Crippen molar-refractivity contribution in [3.63, 3.8) is 0 Å². The van der Waals surface area contributed by atoms with Crippen LogP contribution in [0.4, 0.5) is 5.82 Å². The van der Waals surface area contributed by atoms with Crippen LogP contribution in [0.15, 0.2) is 47.7 Å². The number of carbonyl (C=O) groups is 1. The van der Waals surface area contributed by atoms with Gasteiger partial charge in [0.2, 0.25) is 5.91 Å². The number of hydrogen-bond donors (Lipinski definition) is 1. The van der Waals surface area contributed by atoms with Crippen molar-refractivity contribution < 1.29 is 4.79 Å². The summed E-state index contributed by atoms with van der Waals surface area (Å²) in [6.45, 7) is 0.384. The second-order valence-electron chi connectivity index (χ2n) is 5.02. The molecule has 3 aromatic rings. The third-order valence-corrected chi connectivity index (χ3v) is 3.17. The molecular formula is C14H15N7O2. The molecule has 23 heavy (non-hydrogen) atoms. The molecule has 3 rings (SSSR count). The fraction of sp³-hybridized carbons (Fsp3) is 0.214. The maximum Gasteiger partial charge on any atom is 0.345 e. The van der Waals surface area contributed by atoms with Crippen molar-refractivity contribution in [1.29, 1.82) is 0 Å². The number of aryl methyl sites for hydroxylation is 1. The van der Waals surface area contributed by atoms with Crippen LogP contribution in [-0.2, 0) is 24.9 Å². The summed E-state index contributed by atoms with van der Waals surface area (Å²) in [5.41, 5.74) is 0.725. The van der Waals surface area contributed by atoms with Crippen molar-refractivity contribution in [2.45, 2.75) is 13.1 Å². The minimum atomic E-state index is -0.391. The summed E-state index contributed by atoms with van der Waals surface area (Å²) in [7, 11) is 1.57. The molecule has 0 spiro atoms. The highest BCUT2D eigenvalue weighted by molar-refractivity contribution is 5.89. The summed E-state index contributed by atoms with van der Waals surface area (Å²) < 4.78 is 3.99. The number of nitrogens with one attached hydrogen (secondary N) is 1. The molecule has 0 bridgehead atoms. The quantitative estimate of drug-likeness (QED) is 0.707. The van der Waals surface area contributed by atoms with Crippen LogP contribution in [-0.4, -0.2) is 35.2 Å². The topological polar surface area (TPSA) is 99.6 Å². The summed E-state index contributed by atoms with van der Waals surface area (Å²) in [4.78, 5) is 23.5. The summed E-state index contributed by atoms with van der Waals surface area (Å²) in [6.07, 6.45) is 2.98. The van der Waals surface area contributed by atoms with Crippen LogP contribution in [0.1, 0.15) is 5.56 Å². The van der Waals surface area contributed by atoms with Crippen LogP contribution in [0.2, 0.25) is 0 Å². The Balaban J connectivity index is 1.61. The van der Waals surface area contributed by atoms with Crippen LogP contribution in [0.5, 0.6) is 0 Å². The smallest absolute Gasteiger partial charge is 0.306 e. The molecule has 1 amide bonds. The Kier molecular flexibility index (Phi) is 4.00. The van der Waals surface area contributed by atoms with Gasteiger partial charge in [0.05, 0.1) is 12.7 Å². The molecule has 9 heteroatoms. The molecule has 0 unspecified atom stereocenters. The number of nitrogens with zero attached hydrogens (tertiary/aromatic N) is 6. The number of rotatable bonds is 5. The number of aromatic nitrogens is 6. The SMILES string of the molecule is Cn1cnn(CC(=O)Nc2cn(Cc3ccccc3)nn2)c1=O. The maximum absolute atomic E-state index is 11.9. The van der Waals surface area contributed by atoms with Gasteiger partial charge < -0.3 is 5.32 Å². The Morgan fingerprint density at radius 2 is 2.04 bits per heavy atom. The molecule has 118 valence electrons. The third-order valence-electron chi connectivity index (χ3n) is 3.17. The van der Waals surface area contributed by atoms with E-state index in [1.807, 2.05) is 30.3 Å². The highest BCUT2D eigenvalue weighted by Gasteiger charge is 2.10. The zero-order valence-corrected chi connectivity index (χ0v) is 12.5. The molecule has 0 atom stereocenters. The first-order valence-corrected chi connectivity index (χ1v) is 6.94. The predicted molar refractivity (Wildman–Crippen MR) is 81.7 cm³/mol. The Hall–Kier alpha value is -3.23. The maximum atomic E-state index is 11.9. The van der Waals surface area contributed by atoms with Crippen LogP contribution < -0.4 is 11.0 Å². The fourth-order valence-corrected chi connectivity index (χ4v) is 2.05. The van der Waals surface area contributed by atoms with Gasteiger partial charge in [-0.25, -0.2) is 14.2 Å². The Morgan fingerprint density at radius 1 is 1.26 bits per heavy atom. The molecule has 0 aliphatic carbocycles. The van der Waals surface area contributed by atoms with Gasteiger partial charge in [0.15, 0.2) is 5.82 Å². The summed E-state index contributed by atoms with van der Waals surface area (Å²) in [6, 6.07) is 9.79. The van der Waals surface area contributed by atoms with E-state index in [1.54, 1.807) is 17.9 Å². The minimum absolute atomic E-state index is 0.175. The number of benzene rings is 1. The molecule has 1 aromatic carbocycles. The first-order chi connectivity index (χ1) is 11.1. The van der Waals surface area contributed by atoms with Crippen LogP contribution in [0, 0.1) is 0 Å². The molecule has 0 aliphatic rings. The lowest BCUT2D eigenvalue weighted by atomic mass is 10.2. The van der Waals surface area contributed by atoms with E-state index in [0.717, 1.165) is 10.2 Å². The lowest BCUT2D eigenvalue weighted by Gasteiger charge is -2.01. The van der Waals surface area contributed by atoms with Crippen molar-refractivity contribution in [2.24, 2.45) is 7.05 Å². The first kappa shape index (κ1) is 14.7. The second kappa shape index (κ2) is 6.26. The Morgan fingerprint density at radius 3 is 2.74 bits per heavy atom. The summed E-state index contributed by atoms with van der Waals surface area (Å²) in [5, 5.41) is 14.3. The molecule has 0 radical (unpaired) electrons. The molecule has 9 nitrogen and oxygen atoms in total. The van der Waals surface area contributed by atoms with Crippen molar-refractivity contribution >= 4 is 11.7 Å². The molecule has 0 saturated carbocycles. The van der Waals surface area contributed by atoms with Crippen LogP contribution in [0.3, 0.4) is 0 Å². The van der Waals surface area contributed by atoms with Crippen molar-refractivity contribution in [3.8, 4) is 0 Å². The number of amides is 1. The van der Waals surface area contributed by atoms with Gasteiger partial charge in [0.25, 0.3) is 0 Å². The largest absolute Gasteiger partial charge is 0.345 e. The fourth-order valence-electron chi connectivity index (χ4n) is 2.05. The van der Waals surface area contributed by atoms with E-state index < -0.39 is 5.91 Å². The second-order valence-corrected chi connectivity index (χ2v) is 5.02. The molecular weight excluding hydrogens is 298 g/mol. The zero-order chi connectivity index (χ0) is 16.2. The standard InChI is InChI=1S/C14H15N7O2/c1-19-10-15-21(14(19)23)9-13(22)16-12-8-20(18-17-12)7-11-5-3-2-4-6-11/h2-6,8,10H,7,9H2,1H3,(H,16,22). The molecule has 0 fully saturated rings. The van der Waals surface area contributed by atoms with E-state index in [2.05, 4.69) is 20.7 Å². The Bertz CT molecular complexity index is 863.